The normalized spacial score (nSPS) is 12.3. The predicted octanol–water partition coefficient (Wildman–Crippen LogP) is 6.76. The van der Waals surface area contributed by atoms with Crippen molar-refractivity contribution in [2.24, 2.45) is 5.92 Å². The first kappa shape index (κ1) is 25.4. The summed E-state index contributed by atoms with van der Waals surface area (Å²) in [5, 5.41) is 18.0. The molecule has 0 aromatic carbocycles. The van der Waals surface area contributed by atoms with Crippen LogP contribution in [0.2, 0.25) is 0 Å². The van der Waals surface area contributed by atoms with Gasteiger partial charge in [-0.3, -0.25) is 4.79 Å². The van der Waals surface area contributed by atoms with Gasteiger partial charge < -0.3 is 10.2 Å². The Kier molecular flexibility index (Phi) is 16.8. The number of carbonyl (C=O) groups is 2. The van der Waals surface area contributed by atoms with Crippen LogP contribution in [0.1, 0.15) is 103 Å². The van der Waals surface area contributed by atoms with E-state index in [-0.39, 0.29) is 5.57 Å². The average molecular weight is 381 g/mol. The fourth-order valence-corrected chi connectivity index (χ4v) is 3.19. The summed E-state index contributed by atoms with van der Waals surface area (Å²) in [7, 11) is 0. The maximum absolute atomic E-state index is 11.1. The molecule has 0 aromatic heterocycles. The van der Waals surface area contributed by atoms with Crippen molar-refractivity contribution in [3.05, 3.63) is 24.3 Å². The lowest BCUT2D eigenvalue weighted by Gasteiger charge is -2.11. The van der Waals surface area contributed by atoms with Gasteiger partial charge in [0.05, 0.1) is 5.92 Å². The van der Waals surface area contributed by atoms with E-state index >= 15 is 0 Å². The van der Waals surface area contributed by atoms with Crippen molar-refractivity contribution in [1.82, 2.24) is 0 Å². The Morgan fingerprint density at radius 3 is 1.67 bits per heavy atom. The summed E-state index contributed by atoms with van der Waals surface area (Å²) in [5.74, 6) is -3.26. The molecule has 156 valence electrons. The van der Waals surface area contributed by atoms with Gasteiger partial charge in [0.15, 0.2) is 0 Å². The quantitative estimate of drug-likeness (QED) is 0.147. The number of hydrogen-bond donors (Lipinski definition) is 2. The Bertz CT molecular complexity index is 440. The first-order valence-electron chi connectivity index (χ1n) is 10.8. The lowest BCUT2D eigenvalue weighted by atomic mass is 9.93. The highest BCUT2D eigenvalue weighted by molar-refractivity contribution is 5.93. The number of rotatable bonds is 19. The smallest absolute Gasteiger partial charge is 0.331 e. The molecule has 0 aliphatic heterocycles. The Morgan fingerprint density at radius 1 is 0.778 bits per heavy atom. The van der Waals surface area contributed by atoms with Crippen molar-refractivity contribution < 1.29 is 19.8 Å². The largest absolute Gasteiger partial charge is 0.481 e. The molecule has 0 saturated heterocycles. The van der Waals surface area contributed by atoms with Crippen molar-refractivity contribution in [2.75, 3.05) is 0 Å². The van der Waals surface area contributed by atoms with Crippen LogP contribution in [0.15, 0.2) is 24.3 Å². The summed E-state index contributed by atoms with van der Waals surface area (Å²) in [6.45, 7) is 5.63. The molecule has 0 rings (SSSR count). The molecule has 0 amide bonds. The Morgan fingerprint density at radius 2 is 1.22 bits per heavy atom. The van der Waals surface area contributed by atoms with Crippen LogP contribution in [0, 0.1) is 5.92 Å². The highest BCUT2D eigenvalue weighted by Crippen LogP contribution is 2.19. The van der Waals surface area contributed by atoms with Crippen LogP contribution in [0.5, 0.6) is 0 Å². The lowest BCUT2D eigenvalue weighted by Crippen LogP contribution is -2.20. The van der Waals surface area contributed by atoms with Gasteiger partial charge in [-0.25, -0.2) is 4.79 Å². The van der Waals surface area contributed by atoms with Gasteiger partial charge in [-0.1, -0.05) is 89.9 Å². The molecule has 0 aliphatic carbocycles. The van der Waals surface area contributed by atoms with Crippen molar-refractivity contribution in [1.29, 1.82) is 0 Å². The molecule has 0 aliphatic rings. The maximum atomic E-state index is 11.1. The lowest BCUT2D eigenvalue weighted by molar-refractivity contribution is -0.144. The SMILES string of the molecule is C=C(C(=O)O)C(CCCCCCCC/C=C\CCCCCCCC)C(=O)O. The Labute approximate surface area is 165 Å². The van der Waals surface area contributed by atoms with Crippen LogP contribution in [0.3, 0.4) is 0 Å². The zero-order valence-corrected chi connectivity index (χ0v) is 17.3. The monoisotopic (exact) mass is 380 g/mol. The number of carboxylic acids is 2. The van der Waals surface area contributed by atoms with Crippen molar-refractivity contribution >= 4 is 11.9 Å². The third-order valence-corrected chi connectivity index (χ3v) is 5.00. The molecule has 4 heteroatoms. The van der Waals surface area contributed by atoms with E-state index in [1.165, 1.54) is 57.8 Å². The fourth-order valence-electron chi connectivity index (χ4n) is 3.19. The van der Waals surface area contributed by atoms with E-state index < -0.39 is 17.9 Å². The second-order valence-corrected chi connectivity index (χ2v) is 7.45. The average Bonchev–Trinajstić information content (AvgIpc) is 2.63. The summed E-state index contributed by atoms with van der Waals surface area (Å²) in [5.41, 5.74) is -0.213. The molecule has 0 fully saturated rings. The van der Waals surface area contributed by atoms with Crippen LogP contribution in [0.25, 0.3) is 0 Å². The number of hydrogen-bond acceptors (Lipinski definition) is 2. The maximum Gasteiger partial charge on any atom is 0.331 e. The van der Waals surface area contributed by atoms with E-state index in [1.54, 1.807) is 0 Å². The molecular formula is C23H40O4. The van der Waals surface area contributed by atoms with Gasteiger partial charge in [0.1, 0.15) is 0 Å². The van der Waals surface area contributed by atoms with Gasteiger partial charge in [0.2, 0.25) is 0 Å². The van der Waals surface area contributed by atoms with Crippen LogP contribution in [-0.2, 0) is 9.59 Å². The van der Waals surface area contributed by atoms with Gasteiger partial charge in [-0.05, 0) is 32.1 Å². The van der Waals surface area contributed by atoms with Gasteiger partial charge >= 0.3 is 11.9 Å². The third kappa shape index (κ3) is 15.2. The molecule has 0 bridgehead atoms. The summed E-state index contributed by atoms with van der Waals surface area (Å²) < 4.78 is 0. The molecule has 1 unspecified atom stereocenters. The summed E-state index contributed by atoms with van der Waals surface area (Å²) in [6, 6.07) is 0. The van der Waals surface area contributed by atoms with Crippen LogP contribution >= 0.6 is 0 Å². The molecule has 0 spiro atoms. The van der Waals surface area contributed by atoms with E-state index in [2.05, 4.69) is 25.7 Å². The number of allylic oxidation sites excluding steroid dienone is 2. The van der Waals surface area contributed by atoms with Crippen molar-refractivity contribution in [2.45, 2.75) is 103 Å². The molecule has 0 heterocycles. The van der Waals surface area contributed by atoms with E-state index in [1.807, 2.05) is 0 Å². The minimum absolute atomic E-state index is 0.213. The first-order valence-corrected chi connectivity index (χ1v) is 10.8. The van der Waals surface area contributed by atoms with E-state index in [0.717, 1.165) is 32.1 Å². The van der Waals surface area contributed by atoms with E-state index in [4.69, 9.17) is 10.2 Å². The molecule has 0 radical (unpaired) electrons. The number of unbranched alkanes of at least 4 members (excludes halogenated alkanes) is 12. The molecule has 4 nitrogen and oxygen atoms in total. The molecule has 0 aromatic rings. The molecule has 2 N–H and O–H groups in total. The molecule has 27 heavy (non-hydrogen) atoms. The molecule has 1 atom stereocenters. The van der Waals surface area contributed by atoms with Crippen molar-refractivity contribution in [3.8, 4) is 0 Å². The summed E-state index contributed by atoms with van der Waals surface area (Å²) >= 11 is 0. The van der Waals surface area contributed by atoms with Crippen LogP contribution in [-0.4, -0.2) is 22.2 Å². The van der Waals surface area contributed by atoms with Crippen LogP contribution < -0.4 is 0 Å². The van der Waals surface area contributed by atoms with Gasteiger partial charge in [0.25, 0.3) is 0 Å². The van der Waals surface area contributed by atoms with Gasteiger partial charge in [0, 0.05) is 5.57 Å². The first-order chi connectivity index (χ1) is 13.0. The Balaban J connectivity index is 3.49. The zero-order chi connectivity index (χ0) is 20.3. The van der Waals surface area contributed by atoms with E-state index in [9.17, 15) is 9.59 Å². The topological polar surface area (TPSA) is 74.6 Å². The molecule has 0 saturated carbocycles. The highest BCUT2D eigenvalue weighted by Gasteiger charge is 2.24. The zero-order valence-electron chi connectivity index (χ0n) is 17.3. The fraction of sp³-hybridized carbons (Fsp3) is 0.739. The van der Waals surface area contributed by atoms with Crippen molar-refractivity contribution in [3.63, 3.8) is 0 Å². The number of carboxylic acid groups (broad SMARTS) is 2. The predicted molar refractivity (Wildman–Crippen MR) is 112 cm³/mol. The van der Waals surface area contributed by atoms with Crippen LogP contribution in [0.4, 0.5) is 0 Å². The standard InChI is InChI=1S/C23H40O4/c1-3-4-5-6-7-8-9-10-11-12-13-14-15-16-17-18-19-21(23(26)27)20(2)22(24)25/h10-11,21H,2-9,12-19H2,1H3,(H,24,25)(H,26,27)/b11-10-. The number of aliphatic carboxylic acids is 2. The highest BCUT2D eigenvalue weighted by atomic mass is 16.4. The minimum atomic E-state index is -1.22. The van der Waals surface area contributed by atoms with E-state index in [0.29, 0.717) is 6.42 Å². The summed E-state index contributed by atoms with van der Waals surface area (Å²) in [6.07, 6.45) is 21.8. The van der Waals surface area contributed by atoms with Gasteiger partial charge in [-0.2, -0.15) is 0 Å². The Hall–Kier alpha value is -1.58. The van der Waals surface area contributed by atoms with Gasteiger partial charge in [-0.15, -0.1) is 0 Å². The second kappa shape index (κ2) is 17.8. The minimum Gasteiger partial charge on any atom is -0.481 e. The second-order valence-electron chi connectivity index (χ2n) is 7.45. The third-order valence-electron chi connectivity index (χ3n) is 5.00. The molecular weight excluding hydrogens is 340 g/mol. The summed E-state index contributed by atoms with van der Waals surface area (Å²) in [4.78, 5) is 22.0.